The Morgan fingerprint density at radius 1 is 1.33 bits per heavy atom. The molecule has 0 aliphatic rings. The van der Waals surface area contributed by atoms with Crippen molar-refractivity contribution in [3.8, 4) is 0 Å². The molecule has 0 radical (unpaired) electrons. The number of carbonyl (C=O) groups is 1. The predicted octanol–water partition coefficient (Wildman–Crippen LogP) is 4.12. The molecule has 0 bridgehead atoms. The van der Waals surface area contributed by atoms with Gasteiger partial charge in [0.1, 0.15) is 18.5 Å². The smallest absolute Gasteiger partial charge is 0.294 e. The van der Waals surface area contributed by atoms with E-state index in [1.165, 1.54) is 12.1 Å². The van der Waals surface area contributed by atoms with Crippen molar-refractivity contribution < 1.29 is 29.0 Å². The molecule has 0 fully saturated rings. The van der Waals surface area contributed by atoms with Crippen molar-refractivity contribution >= 4 is 22.5 Å². The third-order valence-corrected chi connectivity index (χ3v) is 4.99. The molecule has 0 saturated carbocycles. The Hall–Kier alpha value is -3.21. The van der Waals surface area contributed by atoms with E-state index >= 15 is 0 Å². The van der Waals surface area contributed by atoms with Crippen LogP contribution >= 0.6 is 11.8 Å². The summed E-state index contributed by atoms with van der Waals surface area (Å²) in [7, 11) is 0. The SMILES string of the molecule is C=C/C=C(\C=C/C)c1ccc(C(C)C(=O)SCC(CO[N+](=O)[O-])O[N+](=O)[O-])cc1F. The molecule has 0 aliphatic heterocycles. The maximum absolute atomic E-state index is 14.6. The fourth-order valence-corrected chi connectivity index (χ4v) is 3.28. The summed E-state index contributed by atoms with van der Waals surface area (Å²) < 4.78 is 14.6. The number of thioether (sulfide) groups is 1. The Bertz CT molecular complexity index is 857. The number of hydrogen-bond donors (Lipinski definition) is 0. The van der Waals surface area contributed by atoms with E-state index in [0.29, 0.717) is 28.5 Å². The highest BCUT2D eigenvalue weighted by molar-refractivity contribution is 8.13. The number of rotatable bonds is 12. The van der Waals surface area contributed by atoms with Crippen LogP contribution in [-0.2, 0) is 14.5 Å². The van der Waals surface area contributed by atoms with Crippen LogP contribution in [0.15, 0.2) is 49.1 Å². The van der Waals surface area contributed by atoms with Crippen LogP contribution in [0.3, 0.4) is 0 Å². The van der Waals surface area contributed by atoms with Crippen LogP contribution in [-0.4, -0.2) is 33.8 Å². The highest BCUT2D eigenvalue weighted by Crippen LogP contribution is 2.27. The largest absolute Gasteiger partial charge is 0.312 e. The zero-order chi connectivity index (χ0) is 22.7. The zero-order valence-corrected chi connectivity index (χ0v) is 17.2. The van der Waals surface area contributed by atoms with Crippen molar-refractivity contribution in [3.05, 3.63) is 86.3 Å². The second kappa shape index (κ2) is 12.4. The Morgan fingerprint density at radius 3 is 2.57 bits per heavy atom. The van der Waals surface area contributed by atoms with E-state index in [4.69, 9.17) is 0 Å². The number of nitrogens with zero attached hydrogens (tertiary/aromatic N) is 2. The van der Waals surface area contributed by atoms with Gasteiger partial charge in [-0.15, -0.1) is 20.2 Å². The third-order valence-electron chi connectivity index (χ3n) is 3.81. The molecular weight excluding hydrogens is 419 g/mol. The van der Waals surface area contributed by atoms with Gasteiger partial charge < -0.3 is 9.68 Å². The van der Waals surface area contributed by atoms with Crippen molar-refractivity contribution in [2.24, 2.45) is 0 Å². The van der Waals surface area contributed by atoms with Gasteiger partial charge in [0.05, 0.1) is 5.92 Å². The summed E-state index contributed by atoms with van der Waals surface area (Å²) in [6.45, 7) is 6.27. The van der Waals surface area contributed by atoms with Crippen molar-refractivity contribution in [2.75, 3.05) is 12.4 Å². The summed E-state index contributed by atoms with van der Waals surface area (Å²) in [6.07, 6.45) is 5.38. The van der Waals surface area contributed by atoms with Gasteiger partial charge in [-0.3, -0.25) is 4.79 Å². The van der Waals surface area contributed by atoms with E-state index < -0.39 is 39.7 Å². The average Bonchev–Trinajstić information content (AvgIpc) is 2.68. The van der Waals surface area contributed by atoms with Gasteiger partial charge in [0.2, 0.25) is 0 Å². The lowest BCUT2D eigenvalue weighted by molar-refractivity contribution is -0.788. The second-order valence-corrected chi connectivity index (χ2v) is 6.94. The van der Waals surface area contributed by atoms with Crippen LogP contribution in [0.25, 0.3) is 5.57 Å². The minimum Gasteiger partial charge on any atom is -0.312 e. The molecule has 0 aromatic heterocycles. The molecule has 162 valence electrons. The van der Waals surface area contributed by atoms with E-state index in [2.05, 4.69) is 16.3 Å². The van der Waals surface area contributed by atoms with Crippen LogP contribution in [0, 0.1) is 26.0 Å². The first-order valence-electron chi connectivity index (χ1n) is 8.69. The average molecular weight is 440 g/mol. The van der Waals surface area contributed by atoms with E-state index in [9.17, 15) is 29.4 Å². The molecule has 0 amide bonds. The first-order chi connectivity index (χ1) is 14.2. The van der Waals surface area contributed by atoms with Gasteiger partial charge in [-0.05, 0) is 24.1 Å². The van der Waals surface area contributed by atoms with Crippen LogP contribution in [0.1, 0.15) is 30.9 Å². The van der Waals surface area contributed by atoms with Gasteiger partial charge in [0.15, 0.2) is 5.12 Å². The summed E-state index contributed by atoms with van der Waals surface area (Å²) in [6, 6.07) is 4.42. The molecule has 1 rings (SSSR count). The Morgan fingerprint density at radius 2 is 2.03 bits per heavy atom. The van der Waals surface area contributed by atoms with Crippen molar-refractivity contribution in [2.45, 2.75) is 25.9 Å². The zero-order valence-electron chi connectivity index (χ0n) is 16.4. The van der Waals surface area contributed by atoms with E-state index in [0.717, 1.165) is 0 Å². The van der Waals surface area contributed by atoms with Gasteiger partial charge in [0.25, 0.3) is 10.2 Å². The Labute approximate surface area is 176 Å². The van der Waals surface area contributed by atoms with Gasteiger partial charge >= 0.3 is 0 Å². The first-order valence-corrected chi connectivity index (χ1v) is 9.68. The predicted molar refractivity (Wildman–Crippen MR) is 110 cm³/mol. The summed E-state index contributed by atoms with van der Waals surface area (Å²) in [4.78, 5) is 41.5. The molecule has 2 atom stereocenters. The molecule has 11 heteroatoms. The number of allylic oxidation sites excluding steroid dienone is 5. The van der Waals surface area contributed by atoms with Crippen molar-refractivity contribution in [1.82, 2.24) is 0 Å². The number of benzene rings is 1. The van der Waals surface area contributed by atoms with Gasteiger partial charge in [-0.25, -0.2) is 4.39 Å². The van der Waals surface area contributed by atoms with Gasteiger partial charge in [0, 0.05) is 11.3 Å². The first kappa shape index (κ1) is 24.8. The maximum atomic E-state index is 14.6. The molecule has 9 nitrogen and oxygen atoms in total. The summed E-state index contributed by atoms with van der Waals surface area (Å²) in [5.74, 6) is -1.48. The molecule has 0 saturated heterocycles. The van der Waals surface area contributed by atoms with E-state index in [1.807, 2.05) is 0 Å². The molecule has 0 spiro atoms. The second-order valence-electron chi connectivity index (χ2n) is 5.92. The van der Waals surface area contributed by atoms with Gasteiger partial charge in [-0.2, -0.15) is 0 Å². The fourth-order valence-electron chi connectivity index (χ4n) is 2.39. The molecule has 2 unspecified atom stereocenters. The molecule has 0 N–H and O–H groups in total. The van der Waals surface area contributed by atoms with Crippen molar-refractivity contribution in [1.29, 1.82) is 0 Å². The minimum absolute atomic E-state index is 0.244. The van der Waals surface area contributed by atoms with E-state index in [1.54, 1.807) is 44.2 Å². The highest BCUT2D eigenvalue weighted by atomic mass is 32.2. The lowest BCUT2D eigenvalue weighted by Gasteiger charge is -2.15. The van der Waals surface area contributed by atoms with Crippen LogP contribution in [0.4, 0.5) is 4.39 Å². The standard InChI is InChI=1S/C19H21FN2O7S/c1-4-6-14(7-5-2)17-9-8-15(10-18(17)20)13(3)19(23)30-12-16(29-22(26)27)11-28-21(24)25/h4-10,13,16H,1,11-12H2,2-3H3/b7-5-,14-6+. The molecular formula is C19H21FN2O7S. The van der Waals surface area contributed by atoms with E-state index in [-0.39, 0.29) is 5.75 Å². The summed E-state index contributed by atoms with van der Waals surface area (Å²) in [5.41, 5.74) is 1.39. The highest BCUT2D eigenvalue weighted by Gasteiger charge is 2.22. The lowest BCUT2D eigenvalue weighted by atomic mass is 9.97. The maximum Gasteiger partial charge on any atom is 0.294 e. The lowest BCUT2D eigenvalue weighted by Crippen LogP contribution is -2.27. The number of halogens is 1. The molecule has 30 heavy (non-hydrogen) atoms. The number of hydrogen-bond acceptors (Lipinski definition) is 8. The Kier molecular flexibility index (Phi) is 10.2. The third kappa shape index (κ3) is 8.03. The number of carbonyl (C=O) groups excluding carboxylic acids is 1. The molecule has 0 aliphatic carbocycles. The van der Waals surface area contributed by atoms with Crippen LogP contribution in [0.5, 0.6) is 0 Å². The monoisotopic (exact) mass is 440 g/mol. The fraction of sp³-hybridized carbons (Fsp3) is 0.316. The minimum atomic E-state index is -1.31. The summed E-state index contributed by atoms with van der Waals surface area (Å²) in [5, 5.41) is 18.1. The van der Waals surface area contributed by atoms with Crippen LogP contribution in [0.2, 0.25) is 0 Å². The molecule has 1 aromatic rings. The quantitative estimate of drug-likeness (QED) is 0.270. The normalized spacial score (nSPS) is 13.5. The Balaban J connectivity index is 2.87. The summed E-state index contributed by atoms with van der Waals surface area (Å²) >= 11 is 0.685. The molecule has 1 aromatic carbocycles. The topological polar surface area (TPSA) is 122 Å². The van der Waals surface area contributed by atoms with Crippen molar-refractivity contribution in [3.63, 3.8) is 0 Å². The molecule has 0 heterocycles. The van der Waals surface area contributed by atoms with Crippen LogP contribution < -0.4 is 0 Å². The van der Waals surface area contributed by atoms with Gasteiger partial charge in [-0.1, -0.05) is 61.7 Å².